The minimum absolute atomic E-state index is 0.126. The molecule has 0 radical (unpaired) electrons. The molecule has 0 unspecified atom stereocenters. The normalized spacial score (nSPS) is 16.0. The van der Waals surface area contributed by atoms with Crippen LogP contribution in [0.2, 0.25) is 0 Å². The Labute approximate surface area is 214 Å². The number of benzene rings is 3. The second-order valence-electron chi connectivity index (χ2n) is 9.59. The van der Waals surface area contributed by atoms with E-state index >= 15 is 0 Å². The van der Waals surface area contributed by atoms with Gasteiger partial charge in [-0.1, -0.05) is 12.1 Å². The van der Waals surface area contributed by atoms with Crippen LogP contribution in [0.5, 0.6) is 17.2 Å². The molecule has 0 N–H and O–H groups in total. The second kappa shape index (κ2) is 9.09. The Bertz CT molecular complexity index is 1570. The molecule has 0 atom stereocenters. The van der Waals surface area contributed by atoms with Crippen molar-refractivity contribution in [3.63, 3.8) is 0 Å². The molecule has 2 aliphatic rings. The first kappa shape index (κ1) is 23.3. The number of hydrogen-bond acceptors (Lipinski definition) is 5. The van der Waals surface area contributed by atoms with Crippen molar-refractivity contribution in [3.8, 4) is 17.2 Å². The summed E-state index contributed by atoms with van der Waals surface area (Å²) >= 11 is 0. The fourth-order valence-electron chi connectivity index (χ4n) is 5.14. The zero-order valence-corrected chi connectivity index (χ0v) is 21.0. The molecule has 37 heavy (non-hydrogen) atoms. The lowest BCUT2D eigenvalue weighted by Crippen LogP contribution is -2.33. The number of aryl methyl sites for hydroxylation is 2. The first-order valence-electron chi connectivity index (χ1n) is 12.2. The van der Waals surface area contributed by atoms with Crippen molar-refractivity contribution in [2.45, 2.75) is 19.9 Å². The molecule has 0 bridgehead atoms. The molecule has 6 nitrogen and oxygen atoms in total. The van der Waals surface area contributed by atoms with Crippen LogP contribution in [0.15, 0.2) is 60.5 Å². The van der Waals surface area contributed by atoms with E-state index in [0.29, 0.717) is 30.3 Å². The lowest BCUT2D eigenvalue weighted by atomic mass is 9.98. The standard InChI is InChI=1S/C30H27FN2O4/c1-18-12-26-24(16-33(17-36-26)11-10-19-4-6-21(31)7-5-19)30-28(18)29(34)27(37-30)13-20-15-32(2)25-9-8-22(35-3)14-23(20)25/h4-9,12-15H,10-11,16-17H2,1-3H3/b27-13+. The van der Waals surface area contributed by atoms with Gasteiger partial charge in [0.1, 0.15) is 29.8 Å². The Morgan fingerprint density at radius 2 is 1.95 bits per heavy atom. The van der Waals surface area contributed by atoms with Gasteiger partial charge in [0.15, 0.2) is 5.76 Å². The fourth-order valence-corrected chi connectivity index (χ4v) is 5.14. The Hall–Kier alpha value is -4.10. The van der Waals surface area contributed by atoms with Crippen LogP contribution in [-0.2, 0) is 20.0 Å². The van der Waals surface area contributed by atoms with Gasteiger partial charge in [-0.25, -0.2) is 4.39 Å². The third-order valence-electron chi connectivity index (χ3n) is 7.13. The summed E-state index contributed by atoms with van der Waals surface area (Å²) in [6.45, 7) is 3.70. The molecule has 0 aliphatic carbocycles. The summed E-state index contributed by atoms with van der Waals surface area (Å²) in [5.41, 5.74) is 5.28. The van der Waals surface area contributed by atoms with Crippen LogP contribution in [-0.4, -0.2) is 35.6 Å². The fraction of sp³-hybridized carbons (Fsp3) is 0.233. The summed E-state index contributed by atoms with van der Waals surface area (Å²) in [7, 11) is 3.61. The maximum absolute atomic E-state index is 13.5. The van der Waals surface area contributed by atoms with Gasteiger partial charge in [0.25, 0.3) is 0 Å². The van der Waals surface area contributed by atoms with Crippen LogP contribution in [0.25, 0.3) is 17.0 Å². The van der Waals surface area contributed by atoms with E-state index in [1.165, 1.54) is 12.1 Å². The molecule has 1 aromatic heterocycles. The van der Waals surface area contributed by atoms with Crippen molar-refractivity contribution < 1.29 is 23.4 Å². The molecule has 3 aromatic carbocycles. The highest BCUT2D eigenvalue weighted by Crippen LogP contribution is 2.44. The highest BCUT2D eigenvalue weighted by Gasteiger charge is 2.35. The molecule has 2 aliphatic heterocycles. The summed E-state index contributed by atoms with van der Waals surface area (Å²) < 4.78 is 33.0. The molecule has 0 saturated heterocycles. The van der Waals surface area contributed by atoms with Crippen LogP contribution in [0.3, 0.4) is 0 Å². The molecule has 0 saturated carbocycles. The van der Waals surface area contributed by atoms with Crippen molar-refractivity contribution >= 4 is 22.8 Å². The van der Waals surface area contributed by atoms with Gasteiger partial charge in [0.2, 0.25) is 5.78 Å². The van der Waals surface area contributed by atoms with Crippen LogP contribution < -0.4 is 14.2 Å². The highest BCUT2D eigenvalue weighted by molar-refractivity contribution is 6.16. The van der Waals surface area contributed by atoms with Crippen molar-refractivity contribution in [1.29, 1.82) is 0 Å². The number of hydrogen-bond donors (Lipinski definition) is 0. The quantitative estimate of drug-likeness (QED) is 0.333. The van der Waals surface area contributed by atoms with Crippen LogP contribution in [0.4, 0.5) is 4.39 Å². The third kappa shape index (κ3) is 4.15. The predicted octanol–water partition coefficient (Wildman–Crippen LogP) is 5.65. The van der Waals surface area contributed by atoms with Crippen LogP contribution >= 0.6 is 0 Å². The minimum Gasteiger partial charge on any atom is -0.497 e. The van der Waals surface area contributed by atoms with Gasteiger partial charge in [-0.2, -0.15) is 0 Å². The van der Waals surface area contributed by atoms with E-state index in [1.807, 2.05) is 55.1 Å². The summed E-state index contributed by atoms with van der Waals surface area (Å²) in [5.74, 6) is 2.01. The second-order valence-corrected chi connectivity index (χ2v) is 9.59. The Balaban J connectivity index is 1.30. The largest absolute Gasteiger partial charge is 0.497 e. The third-order valence-corrected chi connectivity index (χ3v) is 7.13. The van der Waals surface area contributed by atoms with E-state index in [9.17, 15) is 9.18 Å². The number of nitrogens with zero attached hydrogens (tertiary/aromatic N) is 2. The summed E-state index contributed by atoms with van der Waals surface area (Å²) in [6.07, 6.45) is 4.56. The number of carbonyl (C=O) groups is 1. The van der Waals surface area contributed by atoms with Crippen LogP contribution in [0, 0.1) is 12.7 Å². The highest BCUT2D eigenvalue weighted by atomic mass is 19.1. The van der Waals surface area contributed by atoms with Crippen molar-refractivity contribution in [3.05, 3.63) is 94.1 Å². The number of halogens is 1. The van der Waals surface area contributed by atoms with Crippen molar-refractivity contribution in [2.75, 3.05) is 20.4 Å². The Morgan fingerprint density at radius 3 is 2.73 bits per heavy atom. The molecular formula is C30H27FN2O4. The van der Waals surface area contributed by atoms with E-state index in [-0.39, 0.29) is 11.6 Å². The molecule has 7 heteroatoms. The summed E-state index contributed by atoms with van der Waals surface area (Å²) in [5, 5.41) is 0.982. The molecule has 0 fully saturated rings. The number of aromatic nitrogens is 1. The first-order chi connectivity index (χ1) is 17.9. The molecule has 6 rings (SSSR count). The van der Waals surface area contributed by atoms with E-state index in [0.717, 1.165) is 57.6 Å². The van der Waals surface area contributed by atoms with E-state index < -0.39 is 0 Å². The molecule has 0 amide bonds. The number of methoxy groups -OCH3 is 1. The van der Waals surface area contributed by atoms with E-state index in [4.69, 9.17) is 14.2 Å². The first-order valence-corrected chi connectivity index (χ1v) is 12.2. The summed E-state index contributed by atoms with van der Waals surface area (Å²) in [4.78, 5) is 15.6. The molecule has 3 heterocycles. The van der Waals surface area contributed by atoms with E-state index in [1.54, 1.807) is 19.2 Å². The average Bonchev–Trinajstić information content (AvgIpc) is 3.40. The Kier molecular flexibility index (Phi) is 5.72. The maximum atomic E-state index is 13.5. The molecule has 0 spiro atoms. The van der Waals surface area contributed by atoms with Gasteiger partial charge >= 0.3 is 0 Å². The molecule has 4 aromatic rings. The zero-order chi connectivity index (χ0) is 25.7. The Morgan fingerprint density at radius 1 is 1.14 bits per heavy atom. The van der Waals surface area contributed by atoms with Gasteiger partial charge in [-0.05, 0) is 66.9 Å². The number of ketones is 1. The van der Waals surface area contributed by atoms with Gasteiger partial charge in [-0.3, -0.25) is 9.69 Å². The smallest absolute Gasteiger partial charge is 0.232 e. The van der Waals surface area contributed by atoms with Gasteiger partial charge < -0.3 is 18.8 Å². The minimum atomic E-state index is -0.238. The van der Waals surface area contributed by atoms with Crippen LogP contribution in [0.1, 0.15) is 32.6 Å². The maximum Gasteiger partial charge on any atom is 0.232 e. The van der Waals surface area contributed by atoms with Gasteiger partial charge in [0.05, 0.1) is 18.2 Å². The van der Waals surface area contributed by atoms with E-state index in [2.05, 4.69) is 4.90 Å². The predicted molar refractivity (Wildman–Crippen MR) is 140 cm³/mol. The van der Waals surface area contributed by atoms with Gasteiger partial charge in [-0.15, -0.1) is 0 Å². The zero-order valence-electron chi connectivity index (χ0n) is 21.0. The lowest BCUT2D eigenvalue weighted by molar-refractivity contribution is 0.0949. The van der Waals surface area contributed by atoms with Gasteiger partial charge in [0, 0.05) is 42.8 Å². The molecule has 188 valence electrons. The number of fused-ring (bicyclic) bond motifs is 4. The van der Waals surface area contributed by atoms with Crippen molar-refractivity contribution in [1.82, 2.24) is 9.47 Å². The number of carbonyl (C=O) groups excluding carboxylic acids is 1. The topological polar surface area (TPSA) is 52.9 Å². The average molecular weight is 499 g/mol. The lowest BCUT2D eigenvalue weighted by Gasteiger charge is -2.30. The molecular weight excluding hydrogens is 471 g/mol. The number of Topliss-reactive ketones (excluding diaryl/α,β-unsaturated/α-hetero) is 1. The number of rotatable bonds is 5. The monoisotopic (exact) mass is 498 g/mol. The SMILES string of the molecule is COc1ccc2c(c1)c(/C=C1/Oc3c4c(cc(C)c3C1=O)OCN(CCc1ccc(F)cc1)C4)cn2C. The van der Waals surface area contributed by atoms with Crippen molar-refractivity contribution in [2.24, 2.45) is 7.05 Å². The number of allylic oxidation sites excluding steroid dienone is 1. The number of ether oxygens (including phenoxy) is 3. The summed E-state index contributed by atoms with van der Waals surface area (Å²) in [6, 6.07) is 14.4.